The summed E-state index contributed by atoms with van der Waals surface area (Å²) >= 11 is 1.55. The maximum absolute atomic E-state index is 8.55. The van der Waals surface area contributed by atoms with Gasteiger partial charge in [0, 0.05) is 12.1 Å². The van der Waals surface area contributed by atoms with Crippen molar-refractivity contribution in [3.63, 3.8) is 0 Å². The van der Waals surface area contributed by atoms with E-state index < -0.39 is 0 Å². The van der Waals surface area contributed by atoms with Crippen LogP contribution in [-0.2, 0) is 13.0 Å². The average Bonchev–Trinajstić information content (AvgIpc) is 2.91. The van der Waals surface area contributed by atoms with Crippen molar-refractivity contribution >= 4 is 16.5 Å². The second kappa shape index (κ2) is 6.71. The lowest BCUT2D eigenvalue weighted by molar-refractivity contribution is 0.364. The first-order valence-electron chi connectivity index (χ1n) is 5.97. The van der Waals surface area contributed by atoms with Gasteiger partial charge < -0.3 is 10.1 Å². The molecule has 0 aliphatic heterocycles. The van der Waals surface area contributed by atoms with Crippen LogP contribution in [-0.4, -0.2) is 16.8 Å². The molecule has 0 radical (unpaired) electrons. The molecule has 6 heteroatoms. The van der Waals surface area contributed by atoms with Crippen LogP contribution in [0.1, 0.15) is 17.5 Å². The molecule has 1 aromatic heterocycles. The quantitative estimate of drug-likeness (QED) is 0.876. The Balaban J connectivity index is 2.00. The Kier molecular flexibility index (Phi) is 4.70. The van der Waals surface area contributed by atoms with Crippen LogP contribution in [0.2, 0.25) is 0 Å². The number of hydrogen-bond acceptors (Lipinski definition) is 6. The van der Waals surface area contributed by atoms with Gasteiger partial charge in [-0.2, -0.15) is 5.26 Å². The van der Waals surface area contributed by atoms with Gasteiger partial charge in [0.2, 0.25) is 5.13 Å². The third-order valence-electron chi connectivity index (χ3n) is 2.46. The van der Waals surface area contributed by atoms with Gasteiger partial charge in [-0.1, -0.05) is 36.5 Å². The molecule has 1 aromatic carbocycles. The van der Waals surface area contributed by atoms with Gasteiger partial charge in [-0.05, 0) is 12.5 Å². The van der Waals surface area contributed by atoms with Gasteiger partial charge in [-0.3, -0.25) is 0 Å². The van der Waals surface area contributed by atoms with Gasteiger partial charge in [0.05, 0.1) is 0 Å². The first kappa shape index (κ1) is 13.3. The molecule has 1 heterocycles. The van der Waals surface area contributed by atoms with Crippen LogP contribution in [0.5, 0.6) is 5.75 Å². The van der Waals surface area contributed by atoms with E-state index in [-0.39, 0.29) is 6.61 Å². The van der Waals surface area contributed by atoms with Crippen molar-refractivity contribution in [1.29, 1.82) is 5.26 Å². The van der Waals surface area contributed by atoms with Crippen LogP contribution in [0.4, 0.5) is 5.13 Å². The monoisotopic (exact) mass is 274 g/mol. The minimum atomic E-state index is 0.0514. The van der Waals surface area contributed by atoms with E-state index in [1.54, 1.807) is 11.3 Å². The van der Waals surface area contributed by atoms with Gasteiger partial charge in [0.25, 0.3) is 0 Å². The molecule has 0 aliphatic carbocycles. The molecule has 0 saturated carbocycles. The zero-order chi connectivity index (χ0) is 13.5. The number of para-hydroxylation sites is 1. The van der Waals surface area contributed by atoms with Crippen molar-refractivity contribution in [3.8, 4) is 11.8 Å². The van der Waals surface area contributed by atoms with E-state index in [1.165, 1.54) is 0 Å². The highest BCUT2D eigenvalue weighted by Crippen LogP contribution is 2.21. The third kappa shape index (κ3) is 3.66. The number of rotatable bonds is 6. The SMILES string of the molecule is CCc1nnc(NCc2ccccc2OCC#N)s1. The maximum Gasteiger partial charge on any atom is 0.205 e. The summed E-state index contributed by atoms with van der Waals surface area (Å²) in [5.74, 6) is 0.719. The van der Waals surface area contributed by atoms with Crippen molar-refractivity contribution in [2.45, 2.75) is 19.9 Å². The van der Waals surface area contributed by atoms with Crippen molar-refractivity contribution < 1.29 is 4.74 Å². The molecule has 98 valence electrons. The van der Waals surface area contributed by atoms with Crippen LogP contribution in [0.15, 0.2) is 24.3 Å². The Bertz CT molecular complexity index is 576. The number of benzene rings is 1. The van der Waals surface area contributed by atoms with Gasteiger partial charge in [0.15, 0.2) is 6.61 Å². The minimum Gasteiger partial charge on any atom is -0.478 e. The Labute approximate surface area is 115 Å². The molecular weight excluding hydrogens is 260 g/mol. The summed E-state index contributed by atoms with van der Waals surface area (Å²) < 4.78 is 5.37. The Morgan fingerprint density at radius 3 is 2.95 bits per heavy atom. The lowest BCUT2D eigenvalue weighted by atomic mass is 10.2. The molecule has 0 atom stereocenters. The largest absolute Gasteiger partial charge is 0.478 e. The van der Waals surface area contributed by atoms with Crippen LogP contribution in [0, 0.1) is 11.3 Å². The van der Waals surface area contributed by atoms with E-state index >= 15 is 0 Å². The molecule has 0 spiro atoms. The third-order valence-corrected chi connectivity index (χ3v) is 3.49. The molecule has 1 N–H and O–H groups in total. The molecule has 0 fully saturated rings. The van der Waals surface area contributed by atoms with E-state index in [4.69, 9.17) is 10.00 Å². The molecule has 0 bridgehead atoms. The summed E-state index contributed by atoms with van der Waals surface area (Å²) in [7, 11) is 0. The molecule has 2 aromatic rings. The number of ether oxygens (including phenoxy) is 1. The molecule has 2 rings (SSSR count). The molecule has 0 aliphatic rings. The van der Waals surface area contributed by atoms with Crippen LogP contribution >= 0.6 is 11.3 Å². The van der Waals surface area contributed by atoms with Crippen molar-refractivity contribution in [2.75, 3.05) is 11.9 Å². The number of aryl methyl sites for hydroxylation is 1. The Hall–Kier alpha value is -2.13. The molecule has 0 amide bonds. The lowest BCUT2D eigenvalue weighted by Crippen LogP contribution is -2.03. The zero-order valence-electron chi connectivity index (χ0n) is 10.6. The number of nitrogens with zero attached hydrogens (tertiary/aromatic N) is 3. The first-order valence-corrected chi connectivity index (χ1v) is 6.79. The van der Waals surface area contributed by atoms with Crippen LogP contribution < -0.4 is 10.1 Å². The van der Waals surface area contributed by atoms with E-state index in [0.717, 1.165) is 27.9 Å². The number of hydrogen-bond donors (Lipinski definition) is 1. The van der Waals surface area contributed by atoms with Gasteiger partial charge in [-0.25, -0.2) is 0 Å². The standard InChI is InChI=1S/C13H14N4OS/c1-2-12-16-17-13(19-12)15-9-10-5-3-4-6-11(10)18-8-7-14/h3-6H,2,8-9H2,1H3,(H,15,17). The molecular formula is C13H14N4OS. The van der Waals surface area contributed by atoms with Crippen molar-refractivity contribution in [3.05, 3.63) is 34.8 Å². The fourth-order valence-corrected chi connectivity index (χ4v) is 2.21. The van der Waals surface area contributed by atoms with E-state index in [1.807, 2.05) is 30.3 Å². The van der Waals surface area contributed by atoms with Gasteiger partial charge >= 0.3 is 0 Å². The first-order chi connectivity index (χ1) is 9.33. The minimum absolute atomic E-state index is 0.0514. The normalized spacial score (nSPS) is 9.89. The smallest absolute Gasteiger partial charge is 0.205 e. The summed E-state index contributed by atoms with van der Waals surface area (Å²) in [4.78, 5) is 0. The number of aromatic nitrogens is 2. The van der Waals surface area contributed by atoms with Gasteiger partial charge in [0.1, 0.15) is 16.8 Å². The summed E-state index contributed by atoms with van der Waals surface area (Å²) in [6, 6.07) is 9.60. The Morgan fingerprint density at radius 2 is 2.21 bits per heavy atom. The van der Waals surface area contributed by atoms with E-state index in [2.05, 4.69) is 22.4 Å². The van der Waals surface area contributed by atoms with E-state index in [9.17, 15) is 0 Å². The number of nitrogens with one attached hydrogen (secondary N) is 1. The highest BCUT2D eigenvalue weighted by Gasteiger charge is 2.05. The second-order valence-electron chi connectivity index (χ2n) is 3.76. The van der Waals surface area contributed by atoms with Gasteiger partial charge in [-0.15, -0.1) is 10.2 Å². The molecule has 0 unspecified atom stereocenters. The van der Waals surface area contributed by atoms with Crippen molar-refractivity contribution in [1.82, 2.24) is 10.2 Å². The highest BCUT2D eigenvalue weighted by molar-refractivity contribution is 7.15. The topological polar surface area (TPSA) is 70.8 Å². The highest BCUT2D eigenvalue weighted by atomic mass is 32.1. The Morgan fingerprint density at radius 1 is 1.37 bits per heavy atom. The summed E-state index contributed by atoms with van der Waals surface area (Å²) in [6.07, 6.45) is 0.890. The fourth-order valence-electron chi connectivity index (χ4n) is 1.54. The fraction of sp³-hybridized carbons (Fsp3) is 0.308. The molecule has 0 saturated heterocycles. The van der Waals surface area contributed by atoms with Crippen LogP contribution in [0.25, 0.3) is 0 Å². The summed E-state index contributed by atoms with van der Waals surface area (Å²) in [5, 5.41) is 21.7. The predicted octanol–water partition coefficient (Wildman–Crippen LogP) is 2.61. The van der Waals surface area contributed by atoms with Crippen molar-refractivity contribution in [2.24, 2.45) is 0 Å². The zero-order valence-corrected chi connectivity index (χ0v) is 11.4. The van der Waals surface area contributed by atoms with Crippen LogP contribution in [0.3, 0.4) is 0 Å². The van der Waals surface area contributed by atoms with E-state index in [0.29, 0.717) is 6.54 Å². The maximum atomic E-state index is 8.55. The second-order valence-corrected chi connectivity index (χ2v) is 4.82. The summed E-state index contributed by atoms with van der Waals surface area (Å²) in [6.45, 7) is 2.70. The summed E-state index contributed by atoms with van der Waals surface area (Å²) in [5.41, 5.74) is 0.992. The molecule has 19 heavy (non-hydrogen) atoms. The molecule has 5 nitrogen and oxygen atoms in total. The predicted molar refractivity (Wildman–Crippen MR) is 74.2 cm³/mol. The average molecular weight is 274 g/mol. The number of anilines is 1. The number of nitriles is 1. The lowest BCUT2D eigenvalue weighted by Gasteiger charge is -2.09.